The fourth-order valence-electron chi connectivity index (χ4n) is 0.456. The molecule has 0 aliphatic rings. The van der Waals surface area contributed by atoms with Crippen LogP contribution < -0.4 is 5.11 Å². The first-order valence-corrected chi connectivity index (χ1v) is 2.57. The van der Waals surface area contributed by atoms with Gasteiger partial charge < -0.3 is 27.7 Å². The molecule has 10 heavy (non-hydrogen) atoms. The first-order valence-electron chi connectivity index (χ1n) is 2.57. The maximum absolute atomic E-state index is 11.5. The van der Waals surface area contributed by atoms with E-state index in [0.29, 0.717) is 0 Å². The third-order valence-corrected chi connectivity index (χ3v) is 0.929. The fourth-order valence-corrected chi connectivity index (χ4v) is 0.456. The highest BCUT2D eigenvalue weighted by Gasteiger charge is 2.31. The Morgan fingerprint density at radius 2 is 2.00 bits per heavy atom. The molecule has 0 N–H and O–H groups in total. The molecule has 0 unspecified atom stereocenters. The average molecular weight is 155 g/mol. The molecule has 60 valence electrons. The highest BCUT2D eigenvalue weighted by molar-refractivity contribution is 6.57. The molecule has 1 amide bonds. The largest absolute Gasteiger partial charge is 0.598 e. The van der Waals surface area contributed by atoms with Gasteiger partial charge in [-0.05, 0) is 6.54 Å². The van der Waals surface area contributed by atoms with E-state index in [1.165, 1.54) is 0 Å². The minimum atomic E-state index is -5.44. The van der Waals surface area contributed by atoms with Crippen molar-refractivity contribution in [2.45, 2.75) is 6.92 Å². The molecule has 7 heteroatoms. The second kappa shape index (κ2) is 2.81. The van der Waals surface area contributed by atoms with Gasteiger partial charge in [0, 0.05) is 0 Å². The fraction of sp³-hybridized carbons (Fsp3) is 0.667. The summed E-state index contributed by atoms with van der Waals surface area (Å²) < 4.78 is 34.6. The molecule has 0 atom stereocenters. The molecular weight excluding hydrogens is 150 g/mol. The Hall–Kier alpha value is -0.875. The van der Waals surface area contributed by atoms with E-state index in [9.17, 15) is 22.8 Å². The zero-order chi connectivity index (χ0) is 8.36. The van der Waals surface area contributed by atoms with Gasteiger partial charge in [-0.2, -0.15) is 0 Å². The second-order valence-corrected chi connectivity index (χ2v) is 1.59. The van der Waals surface area contributed by atoms with Gasteiger partial charge in [-0.15, -0.1) is 0 Å². The molecule has 0 saturated carbocycles. The van der Waals surface area contributed by atoms with Crippen molar-refractivity contribution < 1.29 is 22.8 Å². The predicted molar refractivity (Wildman–Crippen MR) is 26.9 cm³/mol. The van der Waals surface area contributed by atoms with Gasteiger partial charge in [0.15, 0.2) is 0 Å². The average Bonchev–Trinajstić information content (AvgIpc) is 1.60. The van der Waals surface area contributed by atoms with Crippen molar-refractivity contribution in [2.24, 2.45) is 0 Å². The molecule has 0 aliphatic heterocycles. The van der Waals surface area contributed by atoms with Crippen LogP contribution in [-0.4, -0.2) is 24.6 Å². The lowest BCUT2D eigenvalue weighted by molar-refractivity contribution is -0.261. The Bertz CT molecular complexity index is 136. The topological polar surface area (TPSA) is 43.4 Å². The molecule has 0 aromatic rings. The lowest BCUT2D eigenvalue weighted by Gasteiger charge is -2.33. The van der Waals surface area contributed by atoms with Gasteiger partial charge in [0.2, 0.25) is 0 Å². The van der Waals surface area contributed by atoms with Crippen molar-refractivity contribution in [3.63, 3.8) is 0 Å². The Morgan fingerprint density at radius 1 is 1.60 bits per heavy atom. The van der Waals surface area contributed by atoms with Gasteiger partial charge in [0.05, 0.1) is 0 Å². The molecule has 0 radical (unpaired) electrons. The number of carboxylic acid groups (broad SMARTS) is 1. The predicted octanol–water partition coefficient (Wildman–Crippen LogP) is -0.00430. The SMILES string of the molecule is CCN(C(=O)[O-])[B-](F)(F)F. The number of hydrogen-bond acceptors (Lipinski definition) is 2. The molecule has 0 saturated heterocycles. The van der Waals surface area contributed by atoms with Crippen LogP contribution in [-0.2, 0) is 0 Å². The standard InChI is InChI=1S/C3H6BF3NO2/c1-2-8(3(9)10)4(5,6)7/h2H2,1H3,(H,9,10)/q-1/p-1. The van der Waals surface area contributed by atoms with Crippen LogP contribution >= 0.6 is 0 Å². The van der Waals surface area contributed by atoms with Crippen molar-refractivity contribution >= 4 is 13.2 Å². The molecule has 3 nitrogen and oxygen atoms in total. The summed E-state index contributed by atoms with van der Waals surface area (Å²) in [5, 5.41) is 9.69. The Balaban J connectivity index is 4.22. The lowest BCUT2D eigenvalue weighted by Crippen LogP contribution is -2.52. The molecule has 0 aromatic heterocycles. The number of halogens is 3. The van der Waals surface area contributed by atoms with Crippen molar-refractivity contribution in [3.05, 3.63) is 0 Å². The zero-order valence-electron chi connectivity index (χ0n) is 5.18. The summed E-state index contributed by atoms with van der Waals surface area (Å²) in [6.07, 6.45) is -2.20. The van der Waals surface area contributed by atoms with Crippen LogP contribution in [0.1, 0.15) is 6.92 Å². The normalized spacial score (nSPS) is 11.2. The number of amides is 1. The van der Waals surface area contributed by atoms with Crippen LogP contribution in [0, 0.1) is 0 Å². The molecule has 0 heterocycles. The van der Waals surface area contributed by atoms with E-state index in [1.807, 2.05) is 0 Å². The molecule has 0 fully saturated rings. The molecule has 0 bridgehead atoms. The highest BCUT2D eigenvalue weighted by atomic mass is 19.4. The lowest BCUT2D eigenvalue weighted by atomic mass is 10.1. The van der Waals surface area contributed by atoms with E-state index in [0.717, 1.165) is 6.92 Å². The number of carbonyl (C=O) groups is 1. The van der Waals surface area contributed by atoms with E-state index in [4.69, 9.17) is 0 Å². The van der Waals surface area contributed by atoms with Crippen LogP contribution in [0.2, 0.25) is 0 Å². The molecular formula is C3H5BF3NO2-2. The number of hydrogen-bond donors (Lipinski definition) is 0. The summed E-state index contributed by atoms with van der Waals surface area (Å²) in [4.78, 5) is 9.03. The maximum atomic E-state index is 11.5. The summed E-state index contributed by atoms with van der Waals surface area (Å²) in [6.45, 7) is 0.469. The minimum absolute atomic E-state index is 0.619. The smallest absolute Gasteiger partial charge is 0.532 e. The first-order chi connectivity index (χ1) is 4.39. The van der Waals surface area contributed by atoms with Crippen molar-refractivity contribution in [1.82, 2.24) is 4.81 Å². The summed E-state index contributed by atoms with van der Waals surface area (Å²) in [6, 6.07) is 0. The van der Waals surface area contributed by atoms with Crippen molar-refractivity contribution in [1.29, 1.82) is 0 Å². The molecule has 0 spiro atoms. The van der Waals surface area contributed by atoms with Crippen LogP contribution in [0.15, 0.2) is 0 Å². The number of carbonyl (C=O) groups excluding carboxylic acids is 1. The quantitative estimate of drug-likeness (QED) is 0.526. The van der Waals surface area contributed by atoms with Crippen LogP contribution in [0.3, 0.4) is 0 Å². The Kier molecular flexibility index (Phi) is 2.56. The minimum Gasteiger partial charge on any atom is -0.532 e. The summed E-state index contributed by atoms with van der Waals surface area (Å²) >= 11 is 0. The summed E-state index contributed by atoms with van der Waals surface area (Å²) in [7, 11) is -5.44. The van der Waals surface area contributed by atoms with Gasteiger partial charge in [-0.1, -0.05) is 6.92 Å². The molecule has 0 aliphatic carbocycles. The first kappa shape index (κ1) is 9.12. The van der Waals surface area contributed by atoms with Gasteiger partial charge >= 0.3 is 7.11 Å². The highest BCUT2D eigenvalue weighted by Crippen LogP contribution is 2.13. The maximum Gasteiger partial charge on any atom is 0.598 e. The number of rotatable bonds is 2. The Labute approximate surface area is 55.5 Å². The van der Waals surface area contributed by atoms with E-state index in [1.54, 1.807) is 0 Å². The van der Waals surface area contributed by atoms with Gasteiger partial charge in [-0.25, -0.2) is 0 Å². The second-order valence-electron chi connectivity index (χ2n) is 1.59. The third-order valence-electron chi connectivity index (χ3n) is 0.929. The van der Waals surface area contributed by atoms with Crippen molar-refractivity contribution in [2.75, 3.05) is 6.54 Å². The zero-order valence-corrected chi connectivity index (χ0v) is 5.18. The van der Waals surface area contributed by atoms with Crippen molar-refractivity contribution in [3.8, 4) is 0 Å². The number of nitrogens with zero attached hydrogens (tertiary/aromatic N) is 1. The summed E-state index contributed by atoms with van der Waals surface area (Å²) in [5.74, 6) is 0. The van der Waals surface area contributed by atoms with Crippen LogP contribution in [0.4, 0.5) is 17.7 Å². The van der Waals surface area contributed by atoms with E-state index < -0.39 is 24.6 Å². The summed E-state index contributed by atoms with van der Waals surface area (Å²) in [5.41, 5.74) is 0. The van der Waals surface area contributed by atoms with Crippen LogP contribution in [0.5, 0.6) is 0 Å². The van der Waals surface area contributed by atoms with Gasteiger partial charge in [0.1, 0.15) is 6.09 Å². The van der Waals surface area contributed by atoms with Gasteiger partial charge in [0.25, 0.3) is 0 Å². The van der Waals surface area contributed by atoms with Gasteiger partial charge in [-0.3, -0.25) is 0 Å². The molecule has 0 aromatic carbocycles. The third kappa shape index (κ3) is 2.16. The Morgan fingerprint density at radius 3 is 2.00 bits per heavy atom. The van der Waals surface area contributed by atoms with Crippen LogP contribution in [0.25, 0.3) is 0 Å². The van der Waals surface area contributed by atoms with E-state index >= 15 is 0 Å². The van der Waals surface area contributed by atoms with E-state index in [2.05, 4.69) is 0 Å². The van der Waals surface area contributed by atoms with E-state index in [-0.39, 0.29) is 0 Å². The monoisotopic (exact) mass is 155 g/mol. The molecule has 0 rings (SSSR count).